The third kappa shape index (κ3) is 7.32. The van der Waals surface area contributed by atoms with Gasteiger partial charge in [-0.1, -0.05) is 78.9 Å². The molecule has 0 radical (unpaired) electrons. The summed E-state index contributed by atoms with van der Waals surface area (Å²) in [4.78, 5) is 32.2. The van der Waals surface area contributed by atoms with Crippen molar-refractivity contribution < 1.29 is 14.3 Å². The standard InChI is InChI=1S/C37H34N6O3/c1-46-35-19-17-32(39-41-35)18-20-36(44)43(25-28-13-15-30(16-14-28)33-12-7-22-38-40-33)34(24-27-8-3-2-4-9-27)37(45)42-23-21-29-10-5-6-11-31(29)26-42/h2-20,22,34H,21,23-26H2,1H3/b20-18+/t34-/m0/s1. The Morgan fingerprint density at radius 2 is 1.63 bits per heavy atom. The molecule has 2 amide bonds. The van der Waals surface area contributed by atoms with E-state index in [1.54, 1.807) is 29.3 Å². The second-order valence-electron chi connectivity index (χ2n) is 11.1. The van der Waals surface area contributed by atoms with Crippen molar-refractivity contribution in [3.63, 3.8) is 0 Å². The first kappa shape index (κ1) is 30.3. The molecule has 0 bridgehead atoms. The summed E-state index contributed by atoms with van der Waals surface area (Å²) in [6.45, 7) is 1.32. The lowest BCUT2D eigenvalue weighted by Crippen LogP contribution is -2.52. The molecule has 5 aromatic rings. The second-order valence-corrected chi connectivity index (χ2v) is 11.1. The average molecular weight is 611 g/mol. The Hall–Kier alpha value is -5.70. The fraction of sp³-hybridized carbons (Fsp3) is 0.189. The van der Waals surface area contributed by atoms with Crippen LogP contribution in [0.1, 0.15) is 27.9 Å². The van der Waals surface area contributed by atoms with Gasteiger partial charge in [0.2, 0.25) is 17.7 Å². The zero-order valence-corrected chi connectivity index (χ0v) is 25.6. The van der Waals surface area contributed by atoms with E-state index in [9.17, 15) is 9.59 Å². The molecule has 1 atom stereocenters. The zero-order chi connectivity index (χ0) is 31.7. The molecule has 0 saturated heterocycles. The van der Waals surface area contributed by atoms with Crippen molar-refractivity contribution in [3.05, 3.63) is 143 Å². The minimum Gasteiger partial charge on any atom is -0.480 e. The van der Waals surface area contributed by atoms with Crippen LogP contribution in [0.2, 0.25) is 0 Å². The highest BCUT2D eigenvalue weighted by atomic mass is 16.5. The number of methoxy groups -OCH3 is 1. The molecule has 2 aromatic heterocycles. The Morgan fingerprint density at radius 3 is 2.35 bits per heavy atom. The fourth-order valence-electron chi connectivity index (χ4n) is 5.62. The highest BCUT2D eigenvalue weighted by Gasteiger charge is 2.34. The molecule has 0 unspecified atom stereocenters. The predicted molar refractivity (Wildman–Crippen MR) is 175 cm³/mol. The van der Waals surface area contributed by atoms with Crippen LogP contribution in [0.4, 0.5) is 0 Å². The number of hydrogen-bond acceptors (Lipinski definition) is 7. The molecule has 46 heavy (non-hydrogen) atoms. The number of benzene rings is 3. The summed E-state index contributed by atoms with van der Waals surface area (Å²) < 4.78 is 5.11. The molecule has 0 fully saturated rings. The van der Waals surface area contributed by atoms with E-state index < -0.39 is 6.04 Å². The Balaban J connectivity index is 1.34. The summed E-state index contributed by atoms with van der Waals surface area (Å²) in [5.74, 6) is -0.00509. The third-order valence-corrected chi connectivity index (χ3v) is 8.10. The smallest absolute Gasteiger partial charge is 0.247 e. The summed E-state index contributed by atoms with van der Waals surface area (Å²) >= 11 is 0. The Morgan fingerprint density at radius 1 is 0.848 bits per heavy atom. The monoisotopic (exact) mass is 610 g/mol. The summed E-state index contributed by atoms with van der Waals surface area (Å²) in [6, 6.07) is 32.3. The van der Waals surface area contributed by atoms with Crippen molar-refractivity contribution in [1.82, 2.24) is 30.2 Å². The topological polar surface area (TPSA) is 101 Å². The van der Waals surface area contributed by atoms with E-state index in [1.807, 2.05) is 83.8 Å². The maximum Gasteiger partial charge on any atom is 0.247 e. The van der Waals surface area contributed by atoms with Crippen molar-refractivity contribution in [1.29, 1.82) is 0 Å². The van der Waals surface area contributed by atoms with Gasteiger partial charge in [-0.3, -0.25) is 9.59 Å². The quantitative estimate of drug-likeness (QED) is 0.201. The highest BCUT2D eigenvalue weighted by molar-refractivity contribution is 5.95. The SMILES string of the molecule is COc1ccc(/C=C/C(=O)N(Cc2ccc(-c3cccnn3)cc2)[C@@H](Cc2ccccc2)C(=O)N2CCc3ccccc3C2)nn1. The van der Waals surface area contributed by atoms with Crippen molar-refractivity contribution in [2.45, 2.75) is 32.0 Å². The van der Waals surface area contributed by atoms with E-state index in [0.717, 1.165) is 34.4 Å². The second kappa shape index (κ2) is 14.4. The number of carbonyl (C=O) groups is 2. The Kier molecular flexibility index (Phi) is 9.49. The molecule has 1 aliphatic rings. The van der Waals surface area contributed by atoms with E-state index in [-0.39, 0.29) is 18.4 Å². The first-order valence-electron chi connectivity index (χ1n) is 15.2. The van der Waals surface area contributed by atoms with Gasteiger partial charge in [0.15, 0.2) is 0 Å². The molecule has 1 aliphatic heterocycles. The van der Waals surface area contributed by atoms with E-state index >= 15 is 0 Å². The van der Waals surface area contributed by atoms with E-state index in [1.165, 1.54) is 18.7 Å². The normalized spacial score (nSPS) is 13.2. The van der Waals surface area contributed by atoms with Crippen molar-refractivity contribution in [2.24, 2.45) is 0 Å². The van der Waals surface area contributed by atoms with Gasteiger partial charge >= 0.3 is 0 Å². The molecule has 3 heterocycles. The van der Waals surface area contributed by atoms with Crippen LogP contribution < -0.4 is 4.74 Å². The van der Waals surface area contributed by atoms with E-state index in [2.05, 4.69) is 32.5 Å². The summed E-state index contributed by atoms with van der Waals surface area (Å²) in [6.07, 6.45) is 5.85. The van der Waals surface area contributed by atoms with Gasteiger partial charge in [-0.05, 0) is 52.9 Å². The molecule has 0 N–H and O–H groups in total. The lowest BCUT2D eigenvalue weighted by molar-refractivity contribution is -0.144. The van der Waals surface area contributed by atoms with Gasteiger partial charge in [0.25, 0.3) is 0 Å². The Bertz CT molecular complexity index is 1800. The molecule has 230 valence electrons. The van der Waals surface area contributed by atoms with Gasteiger partial charge in [0.05, 0.1) is 18.5 Å². The number of carbonyl (C=O) groups excluding carboxylic acids is 2. The van der Waals surface area contributed by atoms with Crippen LogP contribution in [0.25, 0.3) is 17.3 Å². The zero-order valence-electron chi connectivity index (χ0n) is 25.6. The fourth-order valence-corrected chi connectivity index (χ4v) is 5.62. The van der Waals surface area contributed by atoms with Crippen molar-refractivity contribution in [2.75, 3.05) is 13.7 Å². The molecular formula is C37H34N6O3. The summed E-state index contributed by atoms with van der Waals surface area (Å²) in [5, 5.41) is 16.3. The van der Waals surface area contributed by atoms with Gasteiger partial charge in [-0.15, -0.1) is 10.2 Å². The van der Waals surface area contributed by atoms with E-state index in [0.29, 0.717) is 31.1 Å². The lowest BCUT2D eigenvalue weighted by Gasteiger charge is -2.37. The highest BCUT2D eigenvalue weighted by Crippen LogP contribution is 2.24. The minimum absolute atomic E-state index is 0.0828. The van der Waals surface area contributed by atoms with E-state index in [4.69, 9.17) is 4.74 Å². The van der Waals surface area contributed by atoms with Gasteiger partial charge in [-0.25, -0.2) is 0 Å². The Labute approximate surface area is 268 Å². The first-order valence-corrected chi connectivity index (χ1v) is 15.2. The lowest BCUT2D eigenvalue weighted by atomic mass is 9.97. The maximum atomic E-state index is 14.5. The van der Waals surface area contributed by atoms with Gasteiger partial charge in [0, 0.05) is 50.0 Å². The predicted octanol–water partition coefficient (Wildman–Crippen LogP) is 5.18. The van der Waals surface area contributed by atoms with Crippen molar-refractivity contribution in [3.8, 4) is 17.1 Å². The van der Waals surface area contributed by atoms with Gasteiger partial charge < -0.3 is 14.5 Å². The van der Waals surface area contributed by atoms with Gasteiger partial charge in [-0.2, -0.15) is 10.2 Å². The molecule has 0 saturated carbocycles. The molecule has 9 heteroatoms. The largest absolute Gasteiger partial charge is 0.480 e. The van der Waals surface area contributed by atoms with Crippen LogP contribution in [-0.4, -0.2) is 61.7 Å². The molecule has 9 nitrogen and oxygen atoms in total. The summed E-state index contributed by atoms with van der Waals surface area (Å²) in [7, 11) is 1.52. The number of hydrogen-bond donors (Lipinski definition) is 0. The van der Waals surface area contributed by atoms with Crippen LogP contribution >= 0.6 is 0 Å². The minimum atomic E-state index is -0.744. The number of nitrogens with zero attached hydrogens (tertiary/aromatic N) is 6. The molecule has 6 rings (SSSR count). The summed E-state index contributed by atoms with van der Waals surface area (Å²) in [5.41, 5.74) is 6.42. The van der Waals surface area contributed by atoms with Crippen molar-refractivity contribution >= 4 is 17.9 Å². The third-order valence-electron chi connectivity index (χ3n) is 8.10. The average Bonchev–Trinajstić information content (AvgIpc) is 3.13. The van der Waals surface area contributed by atoms with Crippen LogP contribution in [0, 0.1) is 0 Å². The number of ether oxygens (including phenoxy) is 1. The number of rotatable bonds is 10. The van der Waals surface area contributed by atoms with Crippen LogP contribution in [0.3, 0.4) is 0 Å². The van der Waals surface area contributed by atoms with Crippen LogP contribution in [0.5, 0.6) is 5.88 Å². The number of aromatic nitrogens is 4. The maximum absolute atomic E-state index is 14.5. The molecule has 0 aliphatic carbocycles. The molecular weight excluding hydrogens is 576 g/mol. The number of fused-ring (bicyclic) bond motifs is 1. The van der Waals surface area contributed by atoms with Crippen LogP contribution in [0.15, 0.2) is 115 Å². The molecule has 0 spiro atoms. The van der Waals surface area contributed by atoms with Gasteiger partial charge in [0.1, 0.15) is 6.04 Å². The first-order chi connectivity index (χ1) is 22.6. The molecule has 3 aromatic carbocycles. The number of amides is 2. The van der Waals surface area contributed by atoms with Crippen LogP contribution in [-0.2, 0) is 35.5 Å².